The largest absolute Gasteiger partial charge is 0.350 e. The lowest BCUT2D eigenvalue weighted by Crippen LogP contribution is -2.38. The monoisotopic (exact) mass is 276 g/mol. The van der Waals surface area contributed by atoms with E-state index in [4.69, 9.17) is 4.74 Å². The van der Waals surface area contributed by atoms with Crippen molar-refractivity contribution in [2.24, 2.45) is 5.92 Å². The Morgan fingerprint density at radius 3 is 2.68 bits per heavy atom. The van der Waals surface area contributed by atoms with Crippen LogP contribution in [0.5, 0.6) is 0 Å². The molecular weight excluding hydrogens is 261 g/mol. The van der Waals surface area contributed by atoms with Crippen LogP contribution in [0.15, 0.2) is 11.0 Å². The summed E-state index contributed by atoms with van der Waals surface area (Å²) in [6.07, 6.45) is -1.35. The van der Waals surface area contributed by atoms with Gasteiger partial charge in [0.1, 0.15) is 0 Å². The highest BCUT2D eigenvalue weighted by Crippen LogP contribution is 2.46. The zero-order chi connectivity index (χ0) is 14.4. The van der Waals surface area contributed by atoms with Gasteiger partial charge in [-0.3, -0.25) is 4.57 Å². The summed E-state index contributed by atoms with van der Waals surface area (Å²) in [5, 5.41) is 0. The van der Waals surface area contributed by atoms with Crippen molar-refractivity contribution in [1.29, 1.82) is 0 Å². The molecule has 2 heterocycles. The van der Waals surface area contributed by atoms with Crippen LogP contribution < -0.4 is 5.69 Å². The van der Waals surface area contributed by atoms with E-state index in [0.29, 0.717) is 11.0 Å². The number of aryl methyl sites for hydroxylation is 1. The van der Waals surface area contributed by atoms with Crippen molar-refractivity contribution in [3.63, 3.8) is 0 Å². The first-order chi connectivity index (χ1) is 8.78. The molecule has 0 saturated carbocycles. The van der Waals surface area contributed by atoms with Crippen LogP contribution >= 0.6 is 0 Å². The minimum absolute atomic E-state index is 0.123. The van der Waals surface area contributed by atoms with Gasteiger partial charge in [0.15, 0.2) is 5.82 Å². The Morgan fingerprint density at radius 1 is 1.53 bits per heavy atom. The van der Waals surface area contributed by atoms with Crippen LogP contribution in [0.4, 0.5) is 13.2 Å². The van der Waals surface area contributed by atoms with E-state index >= 15 is 0 Å². The minimum atomic E-state index is -3.24. The normalized spacial score (nSPS) is 29.7. The highest BCUT2D eigenvalue weighted by atomic mass is 19.3. The van der Waals surface area contributed by atoms with Gasteiger partial charge in [0, 0.05) is 6.20 Å². The smallest absolute Gasteiger partial charge is 0.348 e. The van der Waals surface area contributed by atoms with Gasteiger partial charge in [-0.15, -0.1) is 0 Å². The van der Waals surface area contributed by atoms with Gasteiger partial charge in [0.25, 0.3) is 5.92 Å². The molecule has 0 aliphatic carbocycles. The fourth-order valence-electron chi connectivity index (χ4n) is 2.24. The lowest BCUT2D eigenvalue weighted by Gasteiger charge is -2.21. The second-order valence-electron chi connectivity index (χ2n) is 4.76. The molecule has 0 N–H and O–H groups in total. The quantitative estimate of drug-likeness (QED) is 0.832. The molecule has 0 amide bonds. The first-order valence-corrected chi connectivity index (χ1v) is 6.07. The summed E-state index contributed by atoms with van der Waals surface area (Å²) in [6.45, 7) is 4.37. The van der Waals surface area contributed by atoms with Crippen molar-refractivity contribution in [3.8, 4) is 0 Å². The molecule has 19 heavy (non-hydrogen) atoms. The fourth-order valence-corrected chi connectivity index (χ4v) is 2.24. The summed E-state index contributed by atoms with van der Waals surface area (Å²) < 4.78 is 47.4. The van der Waals surface area contributed by atoms with Gasteiger partial charge in [-0.05, 0) is 13.3 Å². The lowest BCUT2D eigenvalue weighted by atomic mass is 9.98. The van der Waals surface area contributed by atoms with Crippen LogP contribution in [-0.4, -0.2) is 21.6 Å². The third-order valence-electron chi connectivity index (χ3n) is 3.54. The number of alkyl halides is 2. The molecule has 1 saturated heterocycles. The zero-order valence-electron chi connectivity index (χ0n) is 10.9. The Morgan fingerprint density at radius 2 is 2.16 bits per heavy atom. The third kappa shape index (κ3) is 2.16. The predicted molar refractivity (Wildman–Crippen MR) is 61.5 cm³/mol. The number of aromatic nitrogens is 2. The van der Waals surface area contributed by atoms with E-state index < -0.39 is 35.7 Å². The molecule has 0 spiro atoms. The number of nitrogens with zero attached hydrogens (tertiary/aromatic N) is 2. The number of halogens is 3. The number of ether oxygens (including phenoxy) is 1. The van der Waals surface area contributed by atoms with Crippen LogP contribution in [0.25, 0.3) is 0 Å². The fraction of sp³-hybridized carbons (Fsp3) is 0.667. The Balaban J connectivity index is 2.48. The maximum Gasteiger partial charge on any atom is 0.350 e. The Bertz CT molecular complexity index is 544. The molecule has 1 aromatic heterocycles. The molecule has 0 bridgehead atoms. The Hall–Kier alpha value is -1.37. The molecule has 4 nitrogen and oxygen atoms in total. The molecule has 1 fully saturated rings. The van der Waals surface area contributed by atoms with Gasteiger partial charge >= 0.3 is 5.69 Å². The zero-order valence-corrected chi connectivity index (χ0v) is 10.9. The minimum Gasteiger partial charge on any atom is -0.348 e. The number of hydrogen-bond acceptors (Lipinski definition) is 3. The third-order valence-corrected chi connectivity index (χ3v) is 3.54. The highest BCUT2D eigenvalue weighted by Gasteiger charge is 2.57. The molecule has 3 atom stereocenters. The summed E-state index contributed by atoms with van der Waals surface area (Å²) in [6, 6.07) is 0. The lowest BCUT2D eigenvalue weighted by molar-refractivity contribution is -0.125. The first kappa shape index (κ1) is 14.0. The molecule has 7 heteroatoms. The van der Waals surface area contributed by atoms with Crippen molar-refractivity contribution in [3.05, 3.63) is 28.2 Å². The molecule has 0 aromatic carbocycles. The average Bonchev–Trinajstić information content (AvgIpc) is 2.56. The molecule has 106 valence electrons. The topological polar surface area (TPSA) is 44.1 Å². The van der Waals surface area contributed by atoms with Gasteiger partial charge < -0.3 is 4.74 Å². The van der Waals surface area contributed by atoms with Gasteiger partial charge in [0.05, 0.1) is 17.7 Å². The summed E-state index contributed by atoms with van der Waals surface area (Å²) in [4.78, 5) is 15.0. The van der Waals surface area contributed by atoms with Gasteiger partial charge in [-0.2, -0.15) is 4.98 Å². The van der Waals surface area contributed by atoms with Crippen LogP contribution in [0.1, 0.15) is 32.2 Å². The molecule has 1 unspecified atom stereocenters. The van der Waals surface area contributed by atoms with Crippen molar-refractivity contribution in [1.82, 2.24) is 9.55 Å². The summed E-state index contributed by atoms with van der Waals surface area (Å²) in [7, 11) is 0. The number of rotatable bonds is 2. The number of hydrogen-bond donors (Lipinski definition) is 0. The summed E-state index contributed by atoms with van der Waals surface area (Å²) in [5.41, 5.74) is -1.06. The van der Waals surface area contributed by atoms with Gasteiger partial charge in [0.2, 0.25) is 6.23 Å². The second kappa shape index (κ2) is 4.63. The average molecular weight is 276 g/mol. The van der Waals surface area contributed by atoms with Gasteiger partial charge in [-0.25, -0.2) is 18.0 Å². The van der Waals surface area contributed by atoms with E-state index in [-0.39, 0.29) is 5.69 Å². The van der Waals surface area contributed by atoms with E-state index in [1.54, 1.807) is 6.92 Å². The summed E-state index contributed by atoms with van der Waals surface area (Å²) in [5.74, 6) is -5.10. The molecule has 0 radical (unpaired) electrons. The van der Waals surface area contributed by atoms with Gasteiger partial charge in [-0.1, -0.05) is 13.8 Å². The van der Waals surface area contributed by atoms with Crippen LogP contribution in [-0.2, 0) is 4.74 Å². The Kier molecular flexibility index (Phi) is 3.42. The Labute approximate surface area is 108 Å². The van der Waals surface area contributed by atoms with Crippen molar-refractivity contribution in [2.75, 3.05) is 0 Å². The van der Waals surface area contributed by atoms with Crippen molar-refractivity contribution >= 4 is 0 Å². The molecule has 1 aromatic rings. The van der Waals surface area contributed by atoms with Crippen LogP contribution in [0, 0.1) is 18.7 Å². The van der Waals surface area contributed by atoms with E-state index in [2.05, 4.69) is 4.98 Å². The second-order valence-corrected chi connectivity index (χ2v) is 4.76. The van der Waals surface area contributed by atoms with E-state index in [1.165, 1.54) is 13.8 Å². The van der Waals surface area contributed by atoms with E-state index in [9.17, 15) is 18.0 Å². The highest BCUT2D eigenvalue weighted by molar-refractivity contribution is 5.03. The van der Waals surface area contributed by atoms with Crippen LogP contribution in [0.3, 0.4) is 0 Å². The van der Waals surface area contributed by atoms with Crippen molar-refractivity contribution in [2.45, 2.75) is 45.4 Å². The maximum atomic E-state index is 14.1. The maximum absolute atomic E-state index is 14.1. The SMILES string of the molecule is CC[C@H]1O[C@@H](n2cc(F)c(C)nc2=O)C(F)(F)C1C. The molecule has 1 aliphatic heterocycles. The predicted octanol–water partition coefficient (Wildman–Crippen LogP) is 2.27. The summed E-state index contributed by atoms with van der Waals surface area (Å²) >= 11 is 0. The first-order valence-electron chi connectivity index (χ1n) is 6.07. The van der Waals surface area contributed by atoms with Crippen LogP contribution in [0.2, 0.25) is 0 Å². The molecular formula is C12H15F3N2O2. The molecule has 2 rings (SSSR count). The van der Waals surface area contributed by atoms with E-state index in [0.717, 1.165) is 6.20 Å². The molecule has 1 aliphatic rings. The van der Waals surface area contributed by atoms with Crippen molar-refractivity contribution < 1.29 is 17.9 Å². The van der Waals surface area contributed by atoms with E-state index in [1.807, 2.05) is 0 Å². The standard InChI is InChI=1S/C12H15F3N2O2/c1-4-9-6(2)12(14,15)10(19-9)17-5-8(13)7(3)16-11(17)18/h5-6,9-10H,4H2,1-3H3/t6?,9-,10-/m1/s1.